The van der Waals surface area contributed by atoms with Gasteiger partial charge in [-0.3, -0.25) is 4.99 Å². The maximum Gasteiger partial charge on any atom is 0.337 e. The number of nitrogens with zero attached hydrogens (tertiary/aromatic N) is 1. The van der Waals surface area contributed by atoms with Crippen molar-refractivity contribution in [2.45, 2.75) is 0 Å². The van der Waals surface area contributed by atoms with Crippen LogP contribution in [0.3, 0.4) is 0 Å². The first-order chi connectivity index (χ1) is 10.2. The summed E-state index contributed by atoms with van der Waals surface area (Å²) in [6.07, 6.45) is 3.70. The van der Waals surface area contributed by atoms with Crippen molar-refractivity contribution < 1.29 is 9.53 Å². The number of carbonyl (C=O) groups excluding carboxylic acids is 1. The van der Waals surface area contributed by atoms with Crippen LogP contribution >= 0.6 is 15.9 Å². The molecule has 2 aromatic rings. The summed E-state index contributed by atoms with van der Waals surface area (Å²) in [6.45, 7) is 0. The Morgan fingerprint density at radius 2 is 1.76 bits per heavy atom. The molecule has 0 aliphatic heterocycles. The van der Waals surface area contributed by atoms with Crippen molar-refractivity contribution in [1.82, 2.24) is 0 Å². The Bertz CT molecular complexity index is 661. The Morgan fingerprint density at radius 1 is 1.10 bits per heavy atom. The lowest BCUT2D eigenvalue weighted by Gasteiger charge is -1.99. The lowest BCUT2D eigenvalue weighted by atomic mass is 10.2. The topological polar surface area (TPSA) is 38.7 Å². The van der Waals surface area contributed by atoms with Gasteiger partial charge in [0.1, 0.15) is 0 Å². The third-order valence-electron chi connectivity index (χ3n) is 2.73. The molecule has 3 nitrogen and oxygen atoms in total. The average molecular weight is 344 g/mol. The van der Waals surface area contributed by atoms with Gasteiger partial charge in [-0.25, -0.2) is 4.79 Å². The van der Waals surface area contributed by atoms with Crippen LogP contribution in [0, 0.1) is 0 Å². The van der Waals surface area contributed by atoms with Crippen molar-refractivity contribution >= 4 is 39.9 Å². The number of rotatable bonds is 4. The van der Waals surface area contributed by atoms with Gasteiger partial charge in [-0.05, 0) is 51.8 Å². The molecular weight excluding hydrogens is 330 g/mol. The number of benzene rings is 2. The second-order valence-electron chi connectivity index (χ2n) is 4.24. The lowest BCUT2D eigenvalue weighted by molar-refractivity contribution is 0.0601. The highest BCUT2D eigenvalue weighted by Gasteiger charge is 2.03. The molecule has 0 N–H and O–H groups in total. The molecule has 0 saturated heterocycles. The fourth-order valence-electron chi connectivity index (χ4n) is 1.68. The minimum atomic E-state index is -0.351. The van der Waals surface area contributed by atoms with E-state index in [2.05, 4.69) is 25.7 Å². The first kappa shape index (κ1) is 15.2. The standard InChI is InChI=1S/C17H14BrNO2/c1-21-17(20)14-7-9-16(10-8-14)19-12-15(18)11-13-5-3-2-4-6-13/h2-12H,1H3/b15-11-,19-12?. The molecule has 0 bridgehead atoms. The summed E-state index contributed by atoms with van der Waals surface area (Å²) in [5.41, 5.74) is 2.37. The molecule has 4 heteroatoms. The number of esters is 1. The quantitative estimate of drug-likeness (QED) is 0.600. The van der Waals surface area contributed by atoms with Crippen LogP contribution in [0.2, 0.25) is 0 Å². The molecule has 0 unspecified atom stereocenters. The highest BCUT2D eigenvalue weighted by Crippen LogP contribution is 2.16. The lowest BCUT2D eigenvalue weighted by Crippen LogP contribution is -1.99. The van der Waals surface area contributed by atoms with Crippen LogP contribution in [-0.4, -0.2) is 19.3 Å². The molecule has 0 saturated carbocycles. The third-order valence-corrected chi connectivity index (χ3v) is 3.16. The summed E-state index contributed by atoms with van der Waals surface area (Å²) >= 11 is 3.46. The van der Waals surface area contributed by atoms with Crippen LogP contribution in [0.15, 0.2) is 64.1 Å². The molecule has 106 valence electrons. The van der Waals surface area contributed by atoms with Gasteiger partial charge in [-0.1, -0.05) is 30.3 Å². The number of hydrogen-bond donors (Lipinski definition) is 0. The van der Waals surface area contributed by atoms with Gasteiger partial charge in [-0.15, -0.1) is 0 Å². The molecule has 0 fully saturated rings. The second-order valence-corrected chi connectivity index (χ2v) is 5.15. The number of halogens is 1. The zero-order valence-electron chi connectivity index (χ0n) is 11.5. The highest BCUT2D eigenvalue weighted by atomic mass is 79.9. The van der Waals surface area contributed by atoms with E-state index >= 15 is 0 Å². The van der Waals surface area contributed by atoms with Crippen molar-refractivity contribution in [3.05, 3.63) is 70.2 Å². The number of ether oxygens (including phenoxy) is 1. The first-order valence-electron chi connectivity index (χ1n) is 6.34. The monoisotopic (exact) mass is 343 g/mol. The molecular formula is C17H14BrNO2. The van der Waals surface area contributed by atoms with Crippen LogP contribution in [0.25, 0.3) is 6.08 Å². The van der Waals surface area contributed by atoms with E-state index in [0.29, 0.717) is 5.56 Å². The molecule has 0 atom stereocenters. The van der Waals surface area contributed by atoms with Gasteiger partial charge >= 0.3 is 5.97 Å². The van der Waals surface area contributed by atoms with Gasteiger partial charge in [-0.2, -0.15) is 0 Å². The predicted molar refractivity (Wildman–Crippen MR) is 89.3 cm³/mol. The molecule has 0 spiro atoms. The van der Waals surface area contributed by atoms with E-state index in [0.717, 1.165) is 15.7 Å². The van der Waals surface area contributed by atoms with Gasteiger partial charge in [0.25, 0.3) is 0 Å². The van der Waals surface area contributed by atoms with Crippen molar-refractivity contribution in [3.8, 4) is 0 Å². The zero-order chi connectivity index (χ0) is 15.1. The van der Waals surface area contributed by atoms with Gasteiger partial charge in [0.05, 0.1) is 18.4 Å². The molecule has 0 aliphatic carbocycles. The van der Waals surface area contributed by atoms with Gasteiger partial charge < -0.3 is 4.74 Å². The molecule has 0 amide bonds. The molecule has 0 radical (unpaired) electrons. The van der Waals surface area contributed by atoms with E-state index < -0.39 is 0 Å². The van der Waals surface area contributed by atoms with E-state index in [1.165, 1.54) is 7.11 Å². The van der Waals surface area contributed by atoms with E-state index in [4.69, 9.17) is 0 Å². The molecule has 2 rings (SSSR count). The number of methoxy groups -OCH3 is 1. The molecule has 2 aromatic carbocycles. The van der Waals surface area contributed by atoms with E-state index in [1.54, 1.807) is 30.5 Å². The highest BCUT2D eigenvalue weighted by molar-refractivity contribution is 9.12. The van der Waals surface area contributed by atoms with Gasteiger partial charge in [0.2, 0.25) is 0 Å². The summed E-state index contributed by atoms with van der Waals surface area (Å²) in [6, 6.07) is 16.9. The van der Waals surface area contributed by atoms with Gasteiger partial charge in [0.15, 0.2) is 0 Å². The molecule has 0 aliphatic rings. The second kappa shape index (κ2) is 7.55. The van der Waals surface area contributed by atoms with Crippen molar-refractivity contribution in [2.24, 2.45) is 4.99 Å². The Balaban J connectivity index is 2.07. The summed E-state index contributed by atoms with van der Waals surface area (Å²) in [4.78, 5) is 15.7. The van der Waals surface area contributed by atoms with Crippen LogP contribution in [0.4, 0.5) is 5.69 Å². The number of aliphatic imine (C=N–C) groups is 1. The normalized spacial score (nSPS) is 11.6. The van der Waals surface area contributed by atoms with Crippen LogP contribution in [0.5, 0.6) is 0 Å². The Morgan fingerprint density at radius 3 is 2.38 bits per heavy atom. The summed E-state index contributed by atoms with van der Waals surface area (Å²) in [7, 11) is 1.36. The first-order valence-corrected chi connectivity index (χ1v) is 7.13. The van der Waals surface area contributed by atoms with E-state index in [9.17, 15) is 4.79 Å². The third kappa shape index (κ3) is 4.68. The maximum atomic E-state index is 11.3. The smallest absolute Gasteiger partial charge is 0.337 e. The molecule has 0 heterocycles. The Kier molecular flexibility index (Phi) is 5.46. The maximum absolute atomic E-state index is 11.3. The minimum Gasteiger partial charge on any atom is -0.465 e. The van der Waals surface area contributed by atoms with E-state index in [1.807, 2.05) is 36.4 Å². The molecule has 0 aromatic heterocycles. The predicted octanol–water partition coefficient (Wildman–Crippen LogP) is 4.61. The van der Waals surface area contributed by atoms with Crippen molar-refractivity contribution in [2.75, 3.05) is 7.11 Å². The van der Waals surface area contributed by atoms with Gasteiger partial charge in [0, 0.05) is 10.7 Å². The van der Waals surface area contributed by atoms with Crippen molar-refractivity contribution in [1.29, 1.82) is 0 Å². The number of allylic oxidation sites excluding steroid dienone is 1. The largest absolute Gasteiger partial charge is 0.465 e. The fraction of sp³-hybridized carbons (Fsp3) is 0.0588. The summed E-state index contributed by atoms with van der Waals surface area (Å²) < 4.78 is 5.51. The fourth-order valence-corrected chi connectivity index (χ4v) is 2.05. The summed E-state index contributed by atoms with van der Waals surface area (Å²) in [5.74, 6) is -0.351. The average Bonchev–Trinajstić information content (AvgIpc) is 2.53. The van der Waals surface area contributed by atoms with Crippen LogP contribution in [-0.2, 0) is 4.74 Å². The number of carbonyl (C=O) groups is 1. The molecule has 21 heavy (non-hydrogen) atoms. The van der Waals surface area contributed by atoms with E-state index in [-0.39, 0.29) is 5.97 Å². The SMILES string of the molecule is COC(=O)c1ccc(N=C/C(Br)=C/c2ccccc2)cc1. The Hall–Kier alpha value is -2.20. The summed E-state index contributed by atoms with van der Waals surface area (Å²) in [5, 5.41) is 0. The van der Waals surface area contributed by atoms with Crippen molar-refractivity contribution in [3.63, 3.8) is 0 Å². The van der Waals surface area contributed by atoms with Crippen LogP contribution in [0.1, 0.15) is 15.9 Å². The number of hydrogen-bond acceptors (Lipinski definition) is 3. The zero-order valence-corrected chi connectivity index (χ0v) is 13.1. The minimum absolute atomic E-state index is 0.351. The Labute approximate surface area is 132 Å². The van der Waals surface area contributed by atoms with Crippen LogP contribution < -0.4 is 0 Å².